The van der Waals surface area contributed by atoms with Gasteiger partial charge in [0.15, 0.2) is 11.5 Å². The molecular formula is C9H10BrNO4. The Kier molecular flexibility index (Phi) is 3.54. The third-order valence-corrected chi connectivity index (χ3v) is 2.54. The van der Waals surface area contributed by atoms with Crippen LogP contribution in [0.1, 0.15) is 11.6 Å². The van der Waals surface area contributed by atoms with Crippen LogP contribution < -0.4 is 5.32 Å². The highest BCUT2D eigenvalue weighted by Crippen LogP contribution is 2.35. The van der Waals surface area contributed by atoms with Gasteiger partial charge in [-0.15, -0.1) is 0 Å². The van der Waals surface area contributed by atoms with E-state index in [2.05, 4.69) is 21.2 Å². The molecule has 82 valence electrons. The summed E-state index contributed by atoms with van der Waals surface area (Å²) < 4.78 is 0.249. The average molecular weight is 276 g/mol. The highest BCUT2D eigenvalue weighted by molar-refractivity contribution is 9.10. The van der Waals surface area contributed by atoms with E-state index >= 15 is 0 Å². The van der Waals surface area contributed by atoms with Gasteiger partial charge in [-0.1, -0.05) is 0 Å². The number of carboxylic acid groups (broad SMARTS) is 1. The number of phenols is 2. The largest absolute Gasteiger partial charge is 0.504 e. The molecule has 1 aromatic rings. The van der Waals surface area contributed by atoms with Gasteiger partial charge in [0.2, 0.25) is 0 Å². The van der Waals surface area contributed by atoms with Gasteiger partial charge in [-0.3, -0.25) is 4.79 Å². The van der Waals surface area contributed by atoms with E-state index in [0.29, 0.717) is 5.56 Å². The van der Waals surface area contributed by atoms with Gasteiger partial charge in [-0.2, -0.15) is 0 Å². The number of likely N-dealkylation sites (N-methyl/N-ethyl adjacent to an activating group) is 1. The van der Waals surface area contributed by atoms with Crippen molar-refractivity contribution in [3.63, 3.8) is 0 Å². The third kappa shape index (κ3) is 2.40. The minimum Gasteiger partial charge on any atom is -0.504 e. The molecule has 1 atom stereocenters. The van der Waals surface area contributed by atoms with E-state index in [0.717, 1.165) is 0 Å². The molecule has 1 unspecified atom stereocenters. The SMILES string of the molecule is CNC(C(=O)O)c1cc(O)c(O)c(Br)c1. The van der Waals surface area contributed by atoms with Crippen LogP contribution in [0.5, 0.6) is 11.5 Å². The molecule has 6 heteroatoms. The maximum Gasteiger partial charge on any atom is 0.325 e. The van der Waals surface area contributed by atoms with Crippen molar-refractivity contribution in [2.75, 3.05) is 7.05 Å². The smallest absolute Gasteiger partial charge is 0.325 e. The van der Waals surface area contributed by atoms with E-state index in [-0.39, 0.29) is 16.0 Å². The molecule has 0 saturated heterocycles. The summed E-state index contributed by atoms with van der Waals surface area (Å²) in [7, 11) is 1.50. The first-order valence-corrected chi connectivity index (χ1v) is 4.88. The number of carbonyl (C=O) groups is 1. The number of halogens is 1. The molecular weight excluding hydrogens is 266 g/mol. The number of rotatable bonds is 3. The Bertz CT molecular complexity index is 371. The summed E-state index contributed by atoms with van der Waals surface area (Å²) in [5.41, 5.74) is 0.354. The van der Waals surface area contributed by atoms with Crippen LogP contribution in [0.25, 0.3) is 0 Å². The Balaban J connectivity index is 3.20. The number of aromatic hydroxyl groups is 2. The van der Waals surface area contributed by atoms with Crippen LogP contribution in [0.3, 0.4) is 0 Å². The summed E-state index contributed by atoms with van der Waals surface area (Å²) in [5, 5.41) is 30.0. The Labute approximate surface area is 94.5 Å². The molecule has 0 bridgehead atoms. The predicted octanol–water partition coefficient (Wildman–Crippen LogP) is 1.21. The number of hydrogen-bond donors (Lipinski definition) is 4. The first-order chi connectivity index (χ1) is 6.97. The highest BCUT2D eigenvalue weighted by atomic mass is 79.9. The molecule has 0 aromatic heterocycles. The highest BCUT2D eigenvalue weighted by Gasteiger charge is 2.20. The van der Waals surface area contributed by atoms with E-state index in [9.17, 15) is 15.0 Å². The molecule has 0 aliphatic heterocycles. The number of phenolic OH excluding ortho intramolecular Hbond substituents is 2. The average Bonchev–Trinajstić information content (AvgIpc) is 2.14. The van der Waals surface area contributed by atoms with Crippen LogP contribution in [0.15, 0.2) is 16.6 Å². The lowest BCUT2D eigenvalue weighted by atomic mass is 10.1. The van der Waals surface area contributed by atoms with Crippen molar-refractivity contribution in [1.29, 1.82) is 0 Å². The third-order valence-electron chi connectivity index (χ3n) is 1.93. The molecule has 4 N–H and O–H groups in total. The van der Waals surface area contributed by atoms with Gasteiger partial charge in [-0.05, 0) is 40.7 Å². The lowest BCUT2D eigenvalue weighted by Gasteiger charge is -2.13. The van der Waals surface area contributed by atoms with Crippen molar-refractivity contribution in [1.82, 2.24) is 5.32 Å². The first-order valence-electron chi connectivity index (χ1n) is 4.08. The molecule has 15 heavy (non-hydrogen) atoms. The summed E-state index contributed by atoms with van der Waals surface area (Å²) in [6.45, 7) is 0. The zero-order chi connectivity index (χ0) is 11.6. The molecule has 0 amide bonds. The molecule has 0 fully saturated rings. The molecule has 1 aromatic carbocycles. The van der Waals surface area contributed by atoms with E-state index < -0.39 is 12.0 Å². The van der Waals surface area contributed by atoms with Crippen LogP contribution in [0.2, 0.25) is 0 Å². The van der Waals surface area contributed by atoms with Crippen LogP contribution in [0.4, 0.5) is 0 Å². The lowest BCUT2D eigenvalue weighted by molar-refractivity contribution is -0.139. The Morgan fingerprint density at radius 1 is 1.47 bits per heavy atom. The quantitative estimate of drug-likeness (QED) is 0.623. The van der Waals surface area contributed by atoms with Crippen molar-refractivity contribution in [3.05, 3.63) is 22.2 Å². The van der Waals surface area contributed by atoms with Crippen molar-refractivity contribution in [2.45, 2.75) is 6.04 Å². The molecule has 1 rings (SSSR count). The second kappa shape index (κ2) is 4.50. The molecule has 0 aliphatic carbocycles. The Hall–Kier alpha value is -1.27. The van der Waals surface area contributed by atoms with Gasteiger partial charge >= 0.3 is 5.97 Å². The van der Waals surface area contributed by atoms with Gasteiger partial charge in [0.25, 0.3) is 0 Å². The van der Waals surface area contributed by atoms with Gasteiger partial charge in [0.05, 0.1) is 4.47 Å². The number of aliphatic carboxylic acids is 1. The van der Waals surface area contributed by atoms with Crippen LogP contribution in [0, 0.1) is 0 Å². The number of hydrogen-bond acceptors (Lipinski definition) is 4. The second-order valence-electron chi connectivity index (χ2n) is 2.93. The summed E-state index contributed by atoms with van der Waals surface area (Å²) in [6, 6.07) is 1.72. The van der Waals surface area contributed by atoms with E-state index in [4.69, 9.17) is 5.11 Å². The summed E-state index contributed by atoms with van der Waals surface area (Å²) >= 11 is 3.01. The number of carboxylic acids is 1. The number of benzene rings is 1. The predicted molar refractivity (Wildman–Crippen MR) is 56.9 cm³/mol. The lowest BCUT2D eigenvalue weighted by Crippen LogP contribution is -2.24. The molecule has 0 spiro atoms. The van der Waals surface area contributed by atoms with E-state index in [1.807, 2.05) is 0 Å². The second-order valence-corrected chi connectivity index (χ2v) is 3.78. The molecule has 5 nitrogen and oxygen atoms in total. The molecule has 0 aliphatic rings. The van der Waals surface area contributed by atoms with Crippen molar-refractivity contribution in [3.8, 4) is 11.5 Å². The van der Waals surface area contributed by atoms with Gasteiger partial charge in [-0.25, -0.2) is 0 Å². The van der Waals surface area contributed by atoms with Gasteiger partial charge in [0.1, 0.15) is 6.04 Å². The van der Waals surface area contributed by atoms with Crippen molar-refractivity contribution < 1.29 is 20.1 Å². The fraction of sp³-hybridized carbons (Fsp3) is 0.222. The zero-order valence-electron chi connectivity index (χ0n) is 7.86. The summed E-state index contributed by atoms with van der Waals surface area (Å²) in [5.74, 6) is -1.73. The van der Waals surface area contributed by atoms with Crippen LogP contribution in [-0.2, 0) is 4.79 Å². The maximum absolute atomic E-state index is 10.8. The minimum absolute atomic E-state index is 0.249. The maximum atomic E-state index is 10.8. The number of nitrogens with one attached hydrogen (secondary N) is 1. The van der Waals surface area contributed by atoms with Gasteiger partial charge in [0, 0.05) is 0 Å². The Morgan fingerprint density at radius 2 is 2.07 bits per heavy atom. The summed E-state index contributed by atoms with van der Waals surface area (Å²) in [4.78, 5) is 10.8. The van der Waals surface area contributed by atoms with E-state index in [1.165, 1.54) is 19.2 Å². The van der Waals surface area contributed by atoms with Crippen LogP contribution in [-0.4, -0.2) is 28.3 Å². The fourth-order valence-electron chi connectivity index (χ4n) is 1.20. The Morgan fingerprint density at radius 3 is 2.47 bits per heavy atom. The standard InChI is InChI=1S/C9H10BrNO4/c1-11-7(9(14)15)4-2-5(10)8(13)6(12)3-4/h2-3,7,11-13H,1H3,(H,14,15). The zero-order valence-corrected chi connectivity index (χ0v) is 9.45. The first kappa shape index (κ1) is 11.8. The summed E-state index contributed by atoms with van der Waals surface area (Å²) in [6.07, 6.45) is 0. The fourth-order valence-corrected chi connectivity index (χ4v) is 1.67. The normalized spacial score (nSPS) is 12.4. The monoisotopic (exact) mass is 275 g/mol. The topological polar surface area (TPSA) is 89.8 Å². The minimum atomic E-state index is -1.06. The van der Waals surface area contributed by atoms with E-state index in [1.54, 1.807) is 0 Å². The molecule has 0 radical (unpaired) electrons. The van der Waals surface area contributed by atoms with Crippen molar-refractivity contribution >= 4 is 21.9 Å². The molecule has 0 saturated carbocycles. The van der Waals surface area contributed by atoms with Crippen LogP contribution >= 0.6 is 15.9 Å². The van der Waals surface area contributed by atoms with Gasteiger partial charge < -0.3 is 20.6 Å². The molecule has 0 heterocycles. The van der Waals surface area contributed by atoms with Crippen molar-refractivity contribution in [2.24, 2.45) is 0 Å².